The molecule has 21 heavy (non-hydrogen) atoms. The summed E-state index contributed by atoms with van der Waals surface area (Å²) in [5.74, 6) is -0.990. The number of carbonyl (C=O) groups excluding carboxylic acids is 2. The van der Waals surface area contributed by atoms with Crippen LogP contribution in [0, 0.1) is 0 Å². The first-order valence-corrected chi connectivity index (χ1v) is 7.40. The molecular weight excluding hydrogens is 337 g/mol. The summed E-state index contributed by atoms with van der Waals surface area (Å²) < 4.78 is 4.81. The zero-order chi connectivity index (χ0) is 15.4. The van der Waals surface area contributed by atoms with E-state index in [0.717, 1.165) is 11.3 Å². The van der Waals surface area contributed by atoms with Crippen LogP contribution in [0.15, 0.2) is 17.6 Å². The summed E-state index contributed by atoms with van der Waals surface area (Å²) in [4.78, 5) is 31.2. The summed E-state index contributed by atoms with van der Waals surface area (Å²) in [6.45, 7) is 1.96. The first-order valence-electron chi connectivity index (χ1n) is 5.76. The van der Waals surface area contributed by atoms with E-state index >= 15 is 0 Å². The quantitative estimate of drug-likeness (QED) is 0.679. The number of thiazole rings is 1. The van der Waals surface area contributed by atoms with Crippen LogP contribution in [0.3, 0.4) is 0 Å². The number of rotatable bonds is 4. The maximum Gasteiger partial charge on any atom is 0.357 e. The van der Waals surface area contributed by atoms with E-state index < -0.39 is 11.9 Å². The van der Waals surface area contributed by atoms with Crippen molar-refractivity contribution in [3.8, 4) is 0 Å². The highest BCUT2D eigenvalue weighted by Crippen LogP contribution is 2.21. The summed E-state index contributed by atoms with van der Waals surface area (Å²) in [6, 6.07) is 1.39. The molecule has 0 saturated carbocycles. The van der Waals surface area contributed by atoms with Gasteiger partial charge in [0.15, 0.2) is 10.8 Å². The number of esters is 1. The molecule has 1 amide bonds. The van der Waals surface area contributed by atoms with Gasteiger partial charge in [-0.3, -0.25) is 10.1 Å². The van der Waals surface area contributed by atoms with Gasteiger partial charge in [0.25, 0.3) is 5.91 Å². The molecule has 0 unspecified atom stereocenters. The fourth-order valence-corrected chi connectivity index (χ4v) is 2.29. The SMILES string of the molecule is CCOC(=O)c1csc(NC(=O)c2cnc(Cl)c(Cl)c2)n1. The topological polar surface area (TPSA) is 81.2 Å². The minimum absolute atomic E-state index is 0.118. The van der Waals surface area contributed by atoms with Gasteiger partial charge in [-0.2, -0.15) is 0 Å². The molecule has 6 nitrogen and oxygen atoms in total. The van der Waals surface area contributed by atoms with E-state index in [1.165, 1.54) is 17.6 Å². The van der Waals surface area contributed by atoms with Crippen LogP contribution in [0.5, 0.6) is 0 Å². The molecule has 0 radical (unpaired) electrons. The number of anilines is 1. The number of hydrogen-bond donors (Lipinski definition) is 1. The molecule has 110 valence electrons. The lowest BCUT2D eigenvalue weighted by Crippen LogP contribution is -2.12. The van der Waals surface area contributed by atoms with Gasteiger partial charge in [-0.25, -0.2) is 14.8 Å². The van der Waals surface area contributed by atoms with E-state index in [4.69, 9.17) is 27.9 Å². The molecule has 0 bridgehead atoms. The zero-order valence-corrected chi connectivity index (χ0v) is 13.1. The van der Waals surface area contributed by atoms with Crippen molar-refractivity contribution in [2.45, 2.75) is 6.92 Å². The molecule has 0 fully saturated rings. The van der Waals surface area contributed by atoms with Crippen molar-refractivity contribution in [2.75, 3.05) is 11.9 Å². The molecular formula is C12H9Cl2N3O3S. The van der Waals surface area contributed by atoms with Gasteiger partial charge < -0.3 is 4.74 Å². The average molecular weight is 346 g/mol. The Morgan fingerprint density at radius 2 is 2.19 bits per heavy atom. The van der Waals surface area contributed by atoms with Crippen molar-refractivity contribution in [1.29, 1.82) is 0 Å². The maximum absolute atomic E-state index is 12.0. The van der Waals surface area contributed by atoms with Crippen molar-refractivity contribution < 1.29 is 14.3 Å². The number of amides is 1. The third-order valence-corrected chi connectivity index (χ3v) is 3.71. The van der Waals surface area contributed by atoms with Crippen LogP contribution in [0.4, 0.5) is 5.13 Å². The van der Waals surface area contributed by atoms with Crippen LogP contribution in [0.2, 0.25) is 10.2 Å². The summed E-state index contributed by atoms with van der Waals surface area (Å²) in [6.07, 6.45) is 1.30. The van der Waals surface area contributed by atoms with E-state index in [1.807, 2.05) is 0 Å². The van der Waals surface area contributed by atoms with Gasteiger partial charge in [-0.15, -0.1) is 11.3 Å². The third kappa shape index (κ3) is 3.90. The van der Waals surface area contributed by atoms with E-state index in [-0.39, 0.29) is 33.2 Å². The molecule has 2 aromatic rings. The van der Waals surface area contributed by atoms with Gasteiger partial charge in [0.2, 0.25) is 0 Å². The van der Waals surface area contributed by atoms with Gasteiger partial charge in [-0.05, 0) is 13.0 Å². The number of nitrogens with one attached hydrogen (secondary N) is 1. The number of halogens is 2. The number of hydrogen-bond acceptors (Lipinski definition) is 6. The van der Waals surface area contributed by atoms with Crippen LogP contribution in [0.25, 0.3) is 0 Å². The number of carbonyl (C=O) groups is 2. The van der Waals surface area contributed by atoms with Crippen LogP contribution in [-0.2, 0) is 4.74 Å². The first kappa shape index (κ1) is 15.7. The van der Waals surface area contributed by atoms with E-state index in [1.54, 1.807) is 6.92 Å². The lowest BCUT2D eigenvalue weighted by atomic mass is 10.3. The third-order valence-electron chi connectivity index (χ3n) is 2.27. The van der Waals surface area contributed by atoms with Crippen molar-refractivity contribution in [1.82, 2.24) is 9.97 Å². The van der Waals surface area contributed by atoms with Crippen molar-refractivity contribution in [3.63, 3.8) is 0 Å². The fraction of sp³-hybridized carbons (Fsp3) is 0.167. The molecule has 0 aliphatic carbocycles. The average Bonchev–Trinajstić information content (AvgIpc) is 2.90. The standard InChI is InChI=1S/C12H9Cl2N3O3S/c1-2-20-11(19)8-5-21-12(16-8)17-10(18)6-3-7(13)9(14)15-4-6/h3-5H,2H2,1H3,(H,16,17,18). The maximum atomic E-state index is 12.0. The Labute approximate surface area is 134 Å². The van der Waals surface area contributed by atoms with Crippen LogP contribution >= 0.6 is 34.5 Å². The highest BCUT2D eigenvalue weighted by molar-refractivity contribution is 7.14. The summed E-state index contributed by atoms with van der Waals surface area (Å²) >= 11 is 12.6. The van der Waals surface area contributed by atoms with E-state index in [9.17, 15) is 9.59 Å². The minimum Gasteiger partial charge on any atom is -0.461 e. The smallest absolute Gasteiger partial charge is 0.357 e. The lowest BCUT2D eigenvalue weighted by Gasteiger charge is -2.02. The highest BCUT2D eigenvalue weighted by atomic mass is 35.5. The Morgan fingerprint density at radius 1 is 1.43 bits per heavy atom. The predicted octanol–water partition coefficient (Wildman–Crippen LogP) is 3.27. The van der Waals surface area contributed by atoms with Crippen molar-refractivity contribution >= 4 is 51.5 Å². The Bertz CT molecular complexity index is 690. The van der Waals surface area contributed by atoms with Gasteiger partial charge in [0.05, 0.1) is 17.2 Å². The number of nitrogens with zero attached hydrogens (tertiary/aromatic N) is 2. The number of aromatic nitrogens is 2. The van der Waals surface area contributed by atoms with E-state index in [0.29, 0.717) is 0 Å². The van der Waals surface area contributed by atoms with E-state index in [2.05, 4.69) is 15.3 Å². The van der Waals surface area contributed by atoms with Crippen LogP contribution < -0.4 is 5.32 Å². The largest absolute Gasteiger partial charge is 0.461 e. The van der Waals surface area contributed by atoms with Gasteiger partial charge >= 0.3 is 5.97 Å². The zero-order valence-electron chi connectivity index (χ0n) is 10.7. The summed E-state index contributed by atoms with van der Waals surface area (Å²) in [5.41, 5.74) is 0.377. The number of ether oxygens (including phenoxy) is 1. The minimum atomic E-state index is -0.537. The second-order valence-electron chi connectivity index (χ2n) is 3.71. The van der Waals surface area contributed by atoms with Crippen molar-refractivity contribution in [3.05, 3.63) is 39.1 Å². The molecule has 0 aliphatic rings. The highest BCUT2D eigenvalue weighted by Gasteiger charge is 2.15. The molecule has 2 heterocycles. The van der Waals surface area contributed by atoms with Gasteiger partial charge in [0, 0.05) is 11.6 Å². The van der Waals surface area contributed by atoms with Crippen LogP contribution in [0.1, 0.15) is 27.8 Å². The Balaban J connectivity index is 2.09. The van der Waals surface area contributed by atoms with Gasteiger partial charge in [0.1, 0.15) is 5.15 Å². The monoisotopic (exact) mass is 345 g/mol. The van der Waals surface area contributed by atoms with Crippen LogP contribution in [-0.4, -0.2) is 28.5 Å². The predicted molar refractivity (Wildman–Crippen MR) is 80.3 cm³/mol. The summed E-state index contributed by atoms with van der Waals surface area (Å²) in [7, 11) is 0. The van der Waals surface area contributed by atoms with Crippen molar-refractivity contribution in [2.24, 2.45) is 0 Å². The molecule has 0 atom stereocenters. The summed E-state index contributed by atoms with van der Waals surface area (Å²) in [5, 5.41) is 4.61. The Hall–Kier alpha value is -1.70. The number of pyridine rings is 1. The Morgan fingerprint density at radius 3 is 2.86 bits per heavy atom. The normalized spacial score (nSPS) is 10.2. The molecule has 2 rings (SSSR count). The molecule has 0 aliphatic heterocycles. The van der Waals surface area contributed by atoms with Gasteiger partial charge in [-0.1, -0.05) is 23.2 Å². The molecule has 0 saturated heterocycles. The first-order chi connectivity index (χ1) is 10.0. The molecule has 0 aromatic carbocycles. The molecule has 1 N–H and O–H groups in total. The molecule has 0 spiro atoms. The molecule has 2 aromatic heterocycles. The fourth-order valence-electron chi connectivity index (χ4n) is 1.34. The lowest BCUT2D eigenvalue weighted by molar-refractivity contribution is 0.0520. The second kappa shape index (κ2) is 6.84. The Kier molecular flexibility index (Phi) is 5.11. The second-order valence-corrected chi connectivity index (χ2v) is 5.33. The molecule has 9 heteroatoms.